The molecule has 0 spiro atoms. The third-order valence-corrected chi connectivity index (χ3v) is 4.73. The molecule has 1 fully saturated rings. The van der Waals surface area contributed by atoms with Crippen molar-refractivity contribution in [3.63, 3.8) is 0 Å². The van der Waals surface area contributed by atoms with Gasteiger partial charge in [-0.15, -0.1) is 11.3 Å². The van der Waals surface area contributed by atoms with E-state index in [2.05, 4.69) is 29.0 Å². The minimum atomic E-state index is 0.409. The number of rotatable bonds is 7. The molecule has 0 aromatic carbocycles. The first-order valence-corrected chi connectivity index (χ1v) is 7.60. The Kier molecular flexibility index (Phi) is 4.47. The lowest BCUT2D eigenvalue weighted by Crippen LogP contribution is -2.21. The number of thiazole rings is 1. The van der Waals surface area contributed by atoms with Gasteiger partial charge >= 0.3 is 0 Å². The van der Waals surface area contributed by atoms with Crippen molar-refractivity contribution in [2.45, 2.75) is 25.8 Å². The minimum absolute atomic E-state index is 0.409. The molecule has 1 atom stereocenters. The molecule has 84 valence electrons. The van der Waals surface area contributed by atoms with Crippen LogP contribution in [0.15, 0.2) is 11.6 Å². The van der Waals surface area contributed by atoms with Crippen LogP contribution in [0.4, 0.5) is 0 Å². The quantitative estimate of drug-likeness (QED) is 0.744. The number of hydrogen-bond donors (Lipinski definition) is 1. The summed E-state index contributed by atoms with van der Waals surface area (Å²) in [6.45, 7) is 3.28. The molecular weight excluding hydrogens is 224 g/mol. The summed E-state index contributed by atoms with van der Waals surface area (Å²) in [4.78, 5) is 4.30. The Balaban J connectivity index is 1.53. The van der Waals surface area contributed by atoms with E-state index >= 15 is 0 Å². The molecule has 0 bridgehead atoms. The van der Waals surface area contributed by atoms with Crippen molar-refractivity contribution < 1.29 is 0 Å². The average molecular weight is 242 g/mol. The standard InChI is InChI=1S/C11H18N2S2/c1-9(11-13-5-7-15-11)12-4-6-14-8-10-2-3-10/h5,7,9-10,12H,2-4,6,8H2,1H3. The van der Waals surface area contributed by atoms with Gasteiger partial charge in [-0.25, -0.2) is 4.98 Å². The molecule has 1 aliphatic carbocycles. The Hall–Kier alpha value is -0.0600. The van der Waals surface area contributed by atoms with Crippen LogP contribution >= 0.6 is 23.1 Å². The summed E-state index contributed by atoms with van der Waals surface area (Å²) in [6, 6.07) is 0.409. The Morgan fingerprint density at radius 3 is 3.20 bits per heavy atom. The maximum absolute atomic E-state index is 4.30. The van der Waals surface area contributed by atoms with Crippen LogP contribution in [0.2, 0.25) is 0 Å². The van der Waals surface area contributed by atoms with Crippen LogP contribution in [0.3, 0.4) is 0 Å². The molecule has 0 saturated heterocycles. The number of hydrogen-bond acceptors (Lipinski definition) is 4. The largest absolute Gasteiger partial charge is 0.307 e. The summed E-state index contributed by atoms with van der Waals surface area (Å²) >= 11 is 3.81. The van der Waals surface area contributed by atoms with Gasteiger partial charge in [0.2, 0.25) is 0 Å². The molecule has 1 N–H and O–H groups in total. The molecule has 0 radical (unpaired) electrons. The first-order valence-electron chi connectivity index (χ1n) is 5.57. The Labute approximate surface area is 99.9 Å². The average Bonchev–Trinajstić information content (AvgIpc) is 2.90. The normalized spacial score (nSPS) is 17.9. The maximum Gasteiger partial charge on any atom is 0.109 e. The second-order valence-electron chi connectivity index (χ2n) is 4.06. The number of aromatic nitrogens is 1. The Morgan fingerprint density at radius 1 is 1.67 bits per heavy atom. The van der Waals surface area contributed by atoms with Crippen molar-refractivity contribution >= 4 is 23.1 Å². The van der Waals surface area contributed by atoms with Crippen molar-refractivity contribution in [3.8, 4) is 0 Å². The second kappa shape index (κ2) is 5.87. The third kappa shape index (κ3) is 4.13. The van der Waals surface area contributed by atoms with Crippen LogP contribution in [0.25, 0.3) is 0 Å². The summed E-state index contributed by atoms with van der Waals surface area (Å²) in [7, 11) is 0. The van der Waals surface area contributed by atoms with Crippen molar-refractivity contribution in [3.05, 3.63) is 16.6 Å². The lowest BCUT2D eigenvalue weighted by molar-refractivity contribution is 0.598. The van der Waals surface area contributed by atoms with Gasteiger partial charge in [-0.2, -0.15) is 11.8 Å². The van der Waals surface area contributed by atoms with E-state index < -0.39 is 0 Å². The summed E-state index contributed by atoms with van der Waals surface area (Å²) < 4.78 is 0. The SMILES string of the molecule is CC(NCCSCC1CC1)c1nccs1. The highest BCUT2D eigenvalue weighted by molar-refractivity contribution is 7.99. The predicted octanol–water partition coefficient (Wildman–Crippen LogP) is 2.94. The smallest absolute Gasteiger partial charge is 0.109 e. The van der Waals surface area contributed by atoms with Gasteiger partial charge in [0.25, 0.3) is 0 Å². The summed E-state index contributed by atoms with van der Waals surface area (Å²) in [6.07, 6.45) is 4.81. The topological polar surface area (TPSA) is 24.9 Å². The third-order valence-electron chi connectivity index (χ3n) is 2.57. The van der Waals surface area contributed by atoms with E-state index in [-0.39, 0.29) is 0 Å². The molecule has 15 heavy (non-hydrogen) atoms. The number of nitrogens with one attached hydrogen (secondary N) is 1. The van der Waals surface area contributed by atoms with E-state index in [1.54, 1.807) is 11.3 Å². The van der Waals surface area contributed by atoms with E-state index in [1.165, 1.54) is 29.4 Å². The zero-order valence-corrected chi connectivity index (χ0v) is 10.7. The van der Waals surface area contributed by atoms with Crippen LogP contribution < -0.4 is 5.32 Å². The van der Waals surface area contributed by atoms with E-state index in [4.69, 9.17) is 0 Å². The van der Waals surface area contributed by atoms with Crippen molar-refractivity contribution in [1.29, 1.82) is 0 Å². The number of nitrogens with zero attached hydrogens (tertiary/aromatic N) is 1. The molecule has 1 aromatic rings. The molecule has 2 rings (SSSR count). The van der Waals surface area contributed by atoms with Crippen LogP contribution in [0.5, 0.6) is 0 Å². The maximum atomic E-state index is 4.30. The predicted molar refractivity (Wildman–Crippen MR) is 68.6 cm³/mol. The molecule has 1 aliphatic rings. The highest BCUT2D eigenvalue weighted by Crippen LogP contribution is 2.32. The second-order valence-corrected chi connectivity index (χ2v) is 6.14. The first kappa shape index (κ1) is 11.4. The van der Waals surface area contributed by atoms with E-state index in [0.29, 0.717) is 6.04 Å². The van der Waals surface area contributed by atoms with Crippen molar-refractivity contribution in [2.75, 3.05) is 18.1 Å². The van der Waals surface area contributed by atoms with Gasteiger partial charge in [0.05, 0.1) is 6.04 Å². The molecule has 0 amide bonds. The van der Waals surface area contributed by atoms with Gasteiger partial charge in [0.1, 0.15) is 5.01 Å². The van der Waals surface area contributed by atoms with E-state index in [9.17, 15) is 0 Å². The molecular formula is C11H18N2S2. The Morgan fingerprint density at radius 2 is 2.53 bits per heavy atom. The molecule has 1 saturated carbocycles. The van der Waals surface area contributed by atoms with Gasteiger partial charge in [-0.05, 0) is 31.4 Å². The molecule has 1 aromatic heterocycles. The zero-order chi connectivity index (χ0) is 10.5. The highest BCUT2D eigenvalue weighted by atomic mass is 32.2. The summed E-state index contributed by atoms with van der Waals surface area (Å²) in [5.74, 6) is 3.64. The highest BCUT2D eigenvalue weighted by Gasteiger charge is 2.20. The van der Waals surface area contributed by atoms with Crippen LogP contribution in [0.1, 0.15) is 30.8 Å². The van der Waals surface area contributed by atoms with Gasteiger partial charge in [-0.3, -0.25) is 0 Å². The van der Waals surface area contributed by atoms with Crippen LogP contribution in [-0.4, -0.2) is 23.0 Å². The van der Waals surface area contributed by atoms with Gasteiger partial charge in [0.15, 0.2) is 0 Å². The monoisotopic (exact) mass is 242 g/mol. The van der Waals surface area contributed by atoms with Gasteiger partial charge < -0.3 is 5.32 Å². The fourth-order valence-electron chi connectivity index (χ4n) is 1.42. The fourth-order valence-corrected chi connectivity index (χ4v) is 3.18. The molecule has 1 unspecified atom stereocenters. The van der Waals surface area contributed by atoms with E-state index in [1.807, 2.05) is 11.6 Å². The van der Waals surface area contributed by atoms with E-state index in [0.717, 1.165) is 12.5 Å². The molecule has 4 heteroatoms. The fraction of sp³-hybridized carbons (Fsp3) is 0.727. The van der Waals surface area contributed by atoms with Crippen LogP contribution in [-0.2, 0) is 0 Å². The molecule has 1 heterocycles. The lowest BCUT2D eigenvalue weighted by atomic mass is 10.3. The molecule has 0 aliphatic heterocycles. The Bertz CT molecular complexity index is 270. The molecule has 2 nitrogen and oxygen atoms in total. The van der Waals surface area contributed by atoms with Crippen LogP contribution in [0, 0.1) is 5.92 Å². The lowest BCUT2D eigenvalue weighted by Gasteiger charge is -2.10. The zero-order valence-electron chi connectivity index (χ0n) is 9.11. The van der Waals surface area contributed by atoms with Crippen molar-refractivity contribution in [1.82, 2.24) is 10.3 Å². The van der Waals surface area contributed by atoms with Gasteiger partial charge in [0, 0.05) is 23.9 Å². The summed E-state index contributed by atoms with van der Waals surface area (Å²) in [5, 5.41) is 6.74. The minimum Gasteiger partial charge on any atom is -0.307 e. The van der Waals surface area contributed by atoms with Crippen molar-refractivity contribution in [2.24, 2.45) is 5.92 Å². The summed E-state index contributed by atoms with van der Waals surface area (Å²) in [5.41, 5.74) is 0. The van der Waals surface area contributed by atoms with Gasteiger partial charge in [-0.1, -0.05) is 0 Å². The first-order chi connectivity index (χ1) is 7.36. The number of thioether (sulfide) groups is 1.